The molecule has 0 aliphatic heterocycles. The molecule has 1 heterocycles. The van der Waals surface area contributed by atoms with Gasteiger partial charge in [-0.05, 0) is 35.9 Å². The molecule has 0 radical (unpaired) electrons. The van der Waals surface area contributed by atoms with Gasteiger partial charge in [-0.3, -0.25) is 4.79 Å². The molecule has 7 nitrogen and oxygen atoms in total. The Labute approximate surface area is 224 Å². The first kappa shape index (κ1) is 26.9. The third-order valence-electron chi connectivity index (χ3n) is 6.33. The third-order valence-corrected chi connectivity index (χ3v) is 6.33. The van der Waals surface area contributed by atoms with Crippen molar-refractivity contribution in [2.24, 2.45) is 5.92 Å². The lowest BCUT2D eigenvalue weighted by Crippen LogP contribution is -2.42. The predicted molar refractivity (Wildman–Crippen MR) is 155 cm³/mol. The van der Waals surface area contributed by atoms with Crippen molar-refractivity contribution in [1.82, 2.24) is 14.7 Å². The van der Waals surface area contributed by atoms with Crippen molar-refractivity contribution < 1.29 is 9.59 Å². The molecule has 198 valence electrons. The Hall–Kier alpha value is -4.13. The standard InChI is InChI=1S/C31H37N5O2/c1-21(2)19-35(30(38)32-25-16-11-14-23-13-8-9-15-24(23)25)20-29(37)33-28-18-27(31(4,5)6)34-36(28)26-17-10-7-12-22(26)3/h7-18,21H,19-20H2,1-6H3,(H,32,38)(H,33,37). The van der Waals surface area contributed by atoms with E-state index >= 15 is 0 Å². The van der Waals surface area contributed by atoms with E-state index in [0.717, 1.165) is 33.4 Å². The molecule has 0 saturated carbocycles. The normalized spacial score (nSPS) is 11.6. The second-order valence-electron chi connectivity index (χ2n) is 11.1. The van der Waals surface area contributed by atoms with Crippen molar-refractivity contribution in [2.75, 3.05) is 23.7 Å². The molecule has 0 fully saturated rings. The van der Waals surface area contributed by atoms with E-state index in [1.807, 2.05) is 93.6 Å². The Morgan fingerprint density at radius 2 is 1.63 bits per heavy atom. The van der Waals surface area contributed by atoms with Crippen LogP contribution in [0.5, 0.6) is 0 Å². The molecule has 0 atom stereocenters. The summed E-state index contributed by atoms with van der Waals surface area (Å²) in [4.78, 5) is 28.2. The van der Waals surface area contributed by atoms with E-state index in [2.05, 4.69) is 31.4 Å². The molecule has 1 aromatic heterocycles. The first-order valence-corrected chi connectivity index (χ1v) is 13.0. The number of para-hydroxylation sites is 1. The van der Waals surface area contributed by atoms with Gasteiger partial charge < -0.3 is 15.5 Å². The smallest absolute Gasteiger partial charge is 0.315 e. The van der Waals surface area contributed by atoms with Gasteiger partial charge in [-0.15, -0.1) is 0 Å². The highest BCUT2D eigenvalue weighted by Gasteiger charge is 2.24. The lowest BCUT2D eigenvalue weighted by molar-refractivity contribution is -0.116. The average molecular weight is 512 g/mol. The molecular formula is C31H37N5O2. The van der Waals surface area contributed by atoms with Crippen LogP contribution in [0.3, 0.4) is 0 Å². The summed E-state index contributed by atoms with van der Waals surface area (Å²) in [7, 11) is 0. The van der Waals surface area contributed by atoms with Gasteiger partial charge in [0.2, 0.25) is 5.91 Å². The van der Waals surface area contributed by atoms with Crippen LogP contribution in [0.1, 0.15) is 45.9 Å². The van der Waals surface area contributed by atoms with Crippen LogP contribution in [-0.2, 0) is 10.2 Å². The van der Waals surface area contributed by atoms with Gasteiger partial charge >= 0.3 is 6.03 Å². The van der Waals surface area contributed by atoms with E-state index < -0.39 is 0 Å². The number of aryl methyl sites for hydroxylation is 1. The number of benzene rings is 3. The molecule has 0 aliphatic carbocycles. The molecular weight excluding hydrogens is 474 g/mol. The number of nitrogens with zero attached hydrogens (tertiary/aromatic N) is 3. The minimum absolute atomic E-state index is 0.0847. The number of carbonyl (C=O) groups excluding carboxylic acids is 2. The van der Waals surface area contributed by atoms with Crippen LogP contribution in [0.4, 0.5) is 16.3 Å². The molecule has 0 saturated heterocycles. The maximum atomic E-state index is 13.4. The van der Waals surface area contributed by atoms with Gasteiger partial charge in [-0.1, -0.05) is 89.2 Å². The quantitative estimate of drug-likeness (QED) is 0.288. The van der Waals surface area contributed by atoms with Gasteiger partial charge in [-0.25, -0.2) is 9.48 Å². The number of nitrogens with one attached hydrogen (secondary N) is 2. The average Bonchev–Trinajstić information content (AvgIpc) is 3.28. The SMILES string of the molecule is Cc1ccccc1-n1nc(C(C)(C)C)cc1NC(=O)CN(CC(C)C)C(=O)Nc1cccc2ccccc12. The summed E-state index contributed by atoms with van der Waals surface area (Å²) >= 11 is 0. The summed E-state index contributed by atoms with van der Waals surface area (Å²) in [6.07, 6.45) is 0. The number of hydrogen-bond acceptors (Lipinski definition) is 3. The number of anilines is 2. The van der Waals surface area contributed by atoms with E-state index in [4.69, 9.17) is 5.10 Å². The Morgan fingerprint density at radius 1 is 0.947 bits per heavy atom. The molecule has 0 bridgehead atoms. The molecule has 7 heteroatoms. The second kappa shape index (κ2) is 11.1. The molecule has 38 heavy (non-hydrogen) atoms. The van der Waals surface area contributed by atoms with Gasteiger partial charge in [0.05, 0.1) is 17.1 Å². The van der Waals surface area contributed by atoms with E-state index in [1.165, 1.54) is 0 Å². The molecule has 3 amide bonds. The molecule has 4 aromatic rings. The first-order valence-electron chi connectivity index (χ1n) is 13.0. The molecule has 0 spiro atoms. The molecule has 0 unspecified atom stereocenters. The first-order chi connectivity index (χ1) is 18.0. The lowest BCUT2D eigenvalue weighted by atomic mass is 9.92. The van der Waals surface area contributed by atoms with Gasteiger partial charge in [-0.2, -0.15) is 5.10 Å². The van der Waals surface area contributed by atoms with Crippen LogP contribution in [0.25, 0.3) is 16.5 Å². The summed E-state index contributed by atoms with van der Waals surface area (Å²) in [5.74, 6) is 0.480. The maximum Gasteiger partial charge on any atom is 0.322 e. The number of rotatable bonds is 7. The van der Waals surface area contributed by atoms with Crippen molar-refractivity contribution in [3.63, 3.8) is 0 Å². The number of amides is 3. The van der Waals surface area contributed by atoms with Crippen LogP contribution < -0.4 is 10.6 Å². The molecule has 0 aliphatic rings. The number of fused-ring (bicyclic) bond motifs is 1. The Balaban J connectivity index is 1.57. The van der Waals surface area contributed by atoms with Gasteiger partial charge in [0.25, 0.3) is 0 Å². The van der Waals surface area contributed by atoms with Crippen LogP contribution >= 0.6 is 0 Å². The van der Waals surface area contributed by atoms with Gasteiger partial charge in [0.1, 0.15) is 12.4 Å². The van der Waals surface area contributed by atoms with Crippen LogP contribution in [-0.4, -0.2) is 39.7 Å². The fourth-order valence-electron chi connectivity index (χ4n) is 4.37. The second-order valence-corrected chi connectivity index (χ2v) is 11.1. The predicted octanol–water partition coefficient (Wildman–Crippen LogP) is 6.76. The lowest BCUT2D eigenvalue weighted by Gasteiger charge is -2.25. The van der Waals surface area contributed by atoms with Crippen molar-refractivity contribution in [3.05, 3.63) is 84.1 Å². The van der Waals surface area contributed by atoms with E-state index in [0.29, 0.717) is 12.4 Å². The molecule has 2 N–H and O–H groups in total. The van der Waals surface area contributed by atoms with Crippen LogP contribution in [0, 0.1) is 12.8 Å². The number of urea groups is 1. The Morgan fingerprint density at radius 3 is 2.34 bits per heavy atom. The number of carbonyl (C=O) groups is 2. The third kappa shape index (κ3) is 6.22. The molecule has 3 aromatic carbocycles. The summed E-state index contributed by atoms with van der Waals surface area (Å²) in [5.41, 5.74) is 3.32. The maximum absolute atomic E-state index is 13.4. The van der Waals surface area contributed by atoms with Crippen LogP contribution in [0.2, 0.25) is 0 Å². The van der Waals surface area contributed by atoms with Crippen molar-refractivity contribution in [2.45, 2.75) is 47.0 Å². The van der Waals surface area contributed by atoms with E-state index in [-0.39, 0.29) is 29.8 Å². The van der Waals surface area contributed by atoms with E-state index in [9.17, 15) is 9.59 Å². The number of aromatic nitrogens is 2. The van der Waals surface area contributed by atoms with E-state index in [1.54, 1.807) is 9.58 Å². The zero-order valence-electron chi connectivity index (χ0n) is 23.1. The summed E-state index contributed by atoms with van der Waals surface area (Å²) < 4.78 is 1.77. The summed E-state index contributed by atoms with van der Waals surface area (Å²) in [6.45, 7) is 12.7. The molecule has 4 rings (SSSR count). The van der Waals surface area contributed by atoms with Gasteiger partial charge in [0, 0.05) is 23.4 Å². The Bertz CT molecular complexity index is 1440. The fourth-order valence-corrected chi connectivity index (χ4v) is 4.37. The fraction of sp³-hybridized carbons (Fsp3) is 0.323. The van der Waals surface area contributed by atoms with Crippen LogP contribution in [0.15, 0.2) is 72.8 Å². The largest absolute Gasteiger partial charge is 0.322 e. The van der Waals surface area contributed by atoms with Crippen molar-refractivity contribution in [3.8, 4) is 5.69 Å². The highest BCUT2D eigenvalue weighted by molar-refractivity contribution is 6.03. The topological polar surface area (TPSA) is 79.3 Å². The van der Waals surface area contributed by atoms with Gasteiger partial charge in [0.15, 0.2) is 0 Å². The van der Waals surface area contributed by atoms with Crippen molar-refractivity contribution >= 4 is 34.2 Å². The minimum atomic E-state index is -0.312. The Kier molecular flexibility index (Phi) is 7.86. The number of hydrogen-bond donors (Lipinski definition) is 2. The highest BCUT2D eigenvalue weighted by atomic mass is 16.2. The zero-order chi connectivity index (χ0) is 27.4. The monoisotopic (exact) mass is 511 g/mol. The summed E-state index contributed by atoms with van der Waals surface area (Å²) in [5, 5.41) is 12.9. The van der Waals surface area contributed by atoms with Crippen molar-refractivity contribution in [1.29, 1.82) is 0 Å². The summed E-state index contributed by atoms with van der Waals surface area (Å²) in [6, 6.07) is 23.2. The zero-order valence-corrected chi connectivity index (χ0v) is 23.1. The highest BCUT2D eigenvalue weighted by Crippen LogP contribution is 2.28. The minimum Gasteiger partial charge on any atom is -0.315 e.